The van der Waals surface area contributed by atoms with Crippen LogP contribution in [0.5, 0.6) is 0 Å². The zero-order valence-electron chi connectivity index (χ0n) is 15.3. The van der Waals surface area contributed by atoms with Gasteiger partial charge in [0.15, 0.2) is 0 Å². The number of benzene rings is 1. The van der Waals surface area contributed by atoms with Crippen molar-refractivity contribution in [2.75, 3.05) is 33.4 Å². The normalized spacial score (nSPS) is 18.3. The van der Waals surface area contributed by atoms with E-state index in [4.69, 9.17) is 4.74 Å². The van der Waals surface area contributed by atoms with Crippen LogP contribution in [0.1, 0.15) is 30.9 Å². The number of amides is 1. The van der Waals surface area contributed by atoms with E-state index in [1.807, 2.05) is 0 Å². The third kappa shape index (κ3) is 5.71. The molecule has 1 aliphatic rings. The third-order valence-electron chi connectivity index (χ3n) is 5.00. The largest absolute Gasteiger partial charge is 0.416 e. The summed E-state index contributed by atoms with van der Waals surface area (Å²) in [6.45, 7) is 4.62. The lowest BCUT2D eigenvalue weighted by Gasteiger charge is -2.37. The molecule has 4 nitrogen and oxygen atoms in total. The fraction of sp³-hybridized carbons (Fsp3) is 0.632. The van der Waals surface area contributed by atoms with Crippen molar-refractivity contribution < 1.29 is 22.7 Å². The second-order valence-electron chi connectivity index (χ2n) is 7.20. The van der Waals surface area contributed by atoms with E-state index < -0.39 is 17.7 Å². The first kappa shape index (κ1) is 20.7. The molecule has 0 aromatic heterocycles. The van der Waals surface area contributed by atoms with Crippen molar-refractivity contribution in [3.8, 4) is 0 Å². The highest BCUT2D eigenvalue weighted by Gasteiger charge is 2.33. The Balaban J connectivity index is 1.93. The van der Waals surface area contributed by atoms with Gasteiger partial charge in [-0.15, -0.1) is 0 Å². The van der Waals surface area contributed by atoms with Crippen LogP contribution >= 0.6 is 0 Å². The molecule has 2 rings (SSSR count). The molecule has 1 unspecified atom stereocenters. The van der Waals surface area contributed by atoms with E-state index in [1.54, 1.807) is 20.1 Å². The lowest BCUT2D eigenvalue weighted by atomic mass is 9.79. The molecule has 2 N–H and O–H groups in total. The molecule has 7 heteroatoms. The van der Waals surface area contributed by atoms with Gasteiger partial charge in [0.05, 0.1) is 12.2 Å². The number of carbonyl (C=O) groups excluding carboxylic acids is 1. The summed E-state index contributed by atoms with van der Waals surface area (Å²) in [5.74, 6) is -0.545. The van der Waals surface area contributed by atoms with Crippen LogP contribution in [0.2, 0.25) is 0 Å². The first-order valence-corrected chi connectivity index (χ1v) is 8.89. The van der Waals surface area contributed by atoms with Crippen molar-refractivity contribution in [1.82, 2.24) is 10.6 Å². The first-order chi connectivity index (χ1) is 12.3. The second kappa shape index (κ2) is 8.86. The second-order valence-corrected chi connectivity index (χ2v) is 7.20. The number of halogens is 3. The van der Waals surface area contributed by atoms with Crippen LogP contribution in [-0.2, 0) is 22.1 Å². The maximum atomic E-state index is 12.8. The van der Waals surface area contributed by atoms with Gasteiger partial charge in [-0.25, -0.2) is 0 Å². The Morgan fingerprint density at radius 3 is 2.65 bits per heavy atom. The molecule has 0 radical (unpaired) electrons. The van der Waals surface area contributed by atoms with Gasteiger partial charge in [-0.3, -0.25) is 4.79 Å². The number of rotatable bonds is 7. The predicted molar refractivity (Wildman–Crippen MR) is 93.7 cm³/mol. The van der Waals surface area contributed by atoms with E-state index in [0.717, 1.165) is 38.1 Å². The van der Waals surface area contributed by atoms with Crippen molar-refractivity contribution in [2.45, 2.75) is 32.4 Å². The van der Waals surface area contributed by atoms with Gasteiger partial charge in [-0.1, -0.05) is 25.1 Å². The van der Waals surface area contributed by atoms with E-state index >= 15 is 0 Å². The molecule has 0 spiro atoms. The summed E-state index contributed by atoms with van der Waals surface area (Å²) < 4.78 is 43.8. The van der Waals surface area contributed by atoms with Crippen LogP contribution in [0.4, 0.5) is 13.2 Å². The lowest BCUT2D eigenvalue weighted by Crippen LogP contribution is -2.48. The van der Waals surface area contributed by atoms with Crippen LogP contribution in [-0.4, -0.2) is 39.3 Å². The molecule has 1 saturated heterocycles. The van der Waals surface area contributed by atoms with Gasteiger partial charge < -0.3 is 15.4 Å². The molecular weight excluding hydrogens is 345 g/mol. The quantitative estimate of drug-likeness (QED) is 0.774. The molecule has 1 heterocycles. The summed E-state index contributed by atoms with van der Waals surface area (Å²) >= 11 is 0. The van der Waals surface area contributed by atoms with Gasteiger partial charge >= 0.3 is 6.18 Å². The maximum Gasteiger partial charge on any atom is 0.416 e. The molecule has 1 aromatic rings. The summed E-state index contributed by atoms with van der Waals surface area (Å²) in [7, 11) is 1.65. The molecule has 0 bridgehead atoms. The standard InChI is InChI=1S/C19H27F3N2O2/c1-14(10-15-4-3-5-16(11-15)19(20,21)22)17(25)24-12-18(13-26-2)6-8-23-9-7-18/h3-5,11,14,23H,6-10,12-13H2,1-2H3,(H,24,25). The third-order valence-corrected chi connectivity index (χ3v) is 5.00. The Labute approximate surface area is 152 Å². The number of alkyl halides is 3. The first-order valence-electron chi connectivity index (χ1n) is 8.89. The van der Waals surface area contributed by atoms with Gasteiger partial charge in [-0.2, -0.15) is 13.2 Å². The summed E-state index contributed by atoms with van der Waals surface area (Å²) in [4.78, 5) is 12.4. The number of nitrogens with one attached hydrogen (secondary N) is 2. The van der Waals surface area contributed by atoms with Gasteiger partial charge in [0.1, 0.15) is 0 Å². The minimum atomic E-state index is -4.37. The van der Waals surface area contributed by atoms with E-state index in [2.05, 4.69) is 10.6 Å². The number of piperidine rings is 1. The van der Waals surface area contributed by atoms with Gasteiger partial charge in [0.25, 0.3) is 0 Å². The minimum absolute atomic E-state index is 0.0778. The van der Waals surface area contributed by atoms with Crippen molar-refractivity contribution >= 4 is 5.91 Å². The SMILES string of the molecule is COCC1(CNC(=O)C(C)Cc2cccc(C(F)(F)F)c2)CCNCC1. The van der Waals surface area contributed by atoms with Gasteiger partial charge in [0, 0.05) is 25.0 Å². The highest BCUT2D eigenvalue weighted by molar-refractivity contribution is 5.78. The summed E-state index contributed by atoms with van der Waals surface area (Å²) in [5, 5.41) is 6.27. The maximum absolute atomic E-state index is 12.8. The minimum Gasteiger partial charge on any atom is -0.384 e. The number of methoxy groups -OCH3 is 1. The monoisotopic (exact) mass is 372 g/mol. The van der Waals surface area contributed by atoms with Crippen molar-refractivity contribution in [3.63, 3.8) is 0 Å². The van der Waals surface area contributed by atoms with Crippen molar-refractivity contribution in [3.05, 3.63) is 35.4 Å². The smallest absolute Gasteiger partial charge is 0.384 e. The molecule has 0 saturated carbocycles. The average Bonchev–Trinajstić information content (AvgIpc) is 2.60. The molecule has 1 aromatic carbocycles. The number of ether oxygens (including phenoxy) is 1. The van der Waals surface area contributed by atoms with Crippen molar-refractivity contribution in [2.24, 2.45) is 11.3 Å². The summed E-state index contributed by atoms with van der Waals surface area (Å²) in [5.41, 5.74) is -0.252. The molecular formula is C19H27F3N2O2. The zero-order chi connectivity index (χ0) is 19.2. The van der Waals surface area contributed by atoms with Crippen LogP contribution < -0.4 is 10.6 Å². The predicted octanol–water partition coefficient (Wildman–Crippen LogP) is 3.02. The van der Waals surface area contributed by atoms with Crippen molar-refractivity contribution in [1.29, 1.82) is 0 Å². The summed E-state index contributed by atoms with van der Waals surface area (Å²) in [6.07, 6.45) is -2.26. The molecule has 1 atom stereocenters. The van der Waals surface area contributed by atoms with E-state index in [0.29, 0.717) is 18.7 Å². The number of hydrogen-bond donors (Lipinski definition) is 2. The molecule has 0 aliphatic carbocycles. The Morgan fingerprint density at radius 2 is 2.04 bits per heavy atom. The van der Waals surface area contributed by atoms with E-state index in [1.165, 1.54) is 6.07 Å². The van der Waals surface area contributed by atoms with Crippen LogP contribution in [0, 0.1) is 11.3 Å². The zero-order valence-corrected chi connectivity index (χ0v) is 15.3. The molecule has 1 amide bonds. The van der Waals surface area contributed by atoms with Gasteiger partial charge in [0.2, 0.25) is 5.91 Å². The Kier molecular flexibility index (Phi) is 7.06. The fourth-order valence-corrected chi connectivity index (χ4v) is 3.41. The van der Waals surface area contributed by atoms with Gasteiger partial charge in [-0.05, 0) is 44.0 Å². The molecule has 1 fully saturated rings. The molecule has 26 heavy (non-hydrogen) atoms. The number of carbonyl (C=O) groups is 1. The Morgan fingerprint density at radius 1 is 1.35 bits per heavy atom. The molecule has 1 aliphatic heterocycles. The highest BCUT2D eigenvalue weighted by atomic mass is 19.4. The van der Waals surface area contributed by atoms with Crippen LogP contribution in [0.3, 0.4) is 0 Å². The Bertz CT molecular complexity index is 593. The van der Waals surface area contributed by atoms with Crippen LogP contribution in [0.25, 0.3) is 0 Å². The molecule has 146 valence electrons. The lowest BCUT2D eigenvalue weighted by molar-refractivity contribution is -0.137. The fourth-order valence-electron chi connectivity index (χ4n) is 3.41. The average molecular weight is 372 g/mol. The summed E-state index contributed by atoms with van der Waals surface area (Å²) in [6, 6.07) is 5.16. The number of hydrogen-bond acceptors (Lipinski definition) is 3. The van der Waals surface area contributed by atoms with E-state index in [-0.39, 0.29) is 17.7 Å². The topological polar surface area (TPSA) is 50.4 Å². The van der Waals surface area contributed by atoms with Crippen LogP contribution in [0.15, 0.2) is 24.3 Å². The highest BCUT2D eigenvalue weighted by Crippen LogP contribution is 2.30. The van der Waals surface area contributed by atoms with E-state index in [9.17, 15) is 18.0 Å². The Hall–Kier alpha value is -1.60.